The SMILES string of the molecule is CCNC(C)(CCCCSc1nccs1)C(=O)O. The van der Waals surface area contributed by atoms with Gasteiger partial charge in [-0.25, -0.2) is 4.98 Å². The predicted molar refractivity (Wildman–Crippen MR) is 76.4 cm³/mol. The van der Waals surface area contributed by atoms with Crippen LogP contribution in [0.1, 0.15) is 33.1 Å². The molecule has 6 heteroatoms. The van der Waals surface area contributed by atoms with Gasteiger partial charge in [0.05, 0.1) is 0 Å². The number of nitrogens with zero attached hydrogens (tertiary/aromatic N) is 1. The number of nitrogens with one attached hydrogen (secondary N) is 1. The van der Waals surface area contributed by atoms with Crippen LogP contribution in [0.25, 0.3) is 0 Å². The number of carbonyl (C=O) groups is 1. The summed E-state index contributed by atoms with van der Waals surface area (Å²) in [5, 5.41) is 14.2. The maximum Gasteiger partial charge on any atom is 0.323 e. The number of unbranched alkanes of at least 4 members (excludes halogenated alkanes) is 1. The van der Waals surface area contributed by atoms with Gasteiger partial charge in [0, 0.05) is 17.3 Å². The van der Waals surface area contributed by atoms with Gasteiger partial charge in [-0.3, -0.25) is 4.79 Å². The zero-order chi connectivity index (χ0) is 13.4. The van der Waals surface area contributed by atoms with E-state index in [1.54, 1.807) is 36.2 Å². The molecule has 0 aliphatic heterocycles. The predicted octanol–water partition coefficient (Wildman–Crippen LogP) is 2.86. The van der Waals surface area contributed by atoms with Crippen LogP contribution in [0.3, 0.4) is 0 Å². The topological polar surface area (TPSA) is 62.2 Å². The Morgan fingerprint density at radius 2 is 2.39 bits per heavy atom. The van der Waals surface area contributed by atoms with Crippen molar-refractivity contribution in [1.82, 2.24) is 10.3 Å². The van der Waals surface area contributed by atoms with Gasteiger partial charge in [-0.1, -0.05) is 25.1 Å². The second-order valence-corrected chi connectivity index (χ2v) is 6.51. The van der Waals surface area contributed by atoms with Crippen molar-refractivity contribution in [2.24, 2.45) is 0 Å². The van der Waals surface area contributed by atoms with E-state index in [9.17, 15) is 9.90 Å². The summed E-state index contributed by atoms with van der Waals surface area (Å²) in [6.07, 6.45) is 4.39. The molecule has 102 valence electrons. The Hall–Kier alpha value is -0.590. The highest BCUT2D eigenvalue weighted by Crippen LogP contribution is 2.22. The monoisotopic (exact) mass is 288 g/mol. The third-order valence-electron chi connectivity index (χ3n) is 2.75. The molecule has 0 radical (unpaired) electrons. The number of hydrogen-bond donors (Lipinski definition) is 2. The molecule has 4 nitrogen and oxygen atoms in total. The van der Waals surface area contributed by atoms with Crippen LogP contribution in [-0.2, 0) is 4.79 Å². The van der Waals surface area contributed by atoms with Gasteiger partial charge in [0.1, 0.15) is 9.88 Å². The van der Waals surface area contributed by atoms with E-state index in [-0.39, 0.29) is 0 Å². The molecule has 1 aromatic rings. The molecule has 2 N–H and O–H groups in total. The van der Waals surface area contributed by atoms with Crippen LogP contribution in [-0.4, -0.2) is 33.9 Å². The minimum absolute atomic E-state index is 0.661. The second kappa shape index (κ2) is 7.76. The van der Waals surface area contributed by atoms with Gasteiger partial charge in [-0.05, 0) is 26.3 Å². The Labute approximate surface area is 116 Å². The lowest BCUT2D eigenvalue weighted by Gasteiger charge is -2.25. The number of aliphatic carboxylic acids is 1. The van der Waals surface area contributed by atoms with Crippen LogP contribution in [0.2, 0.25) is 0 Å². The fourth-order valence-corrected chi connectivity index (χ4v) is 3.39. The normalized spacial score (nSPS) is 14.3. The summed E-state index contributed by atoms with van der Waals surface area (Å²) in [4.78, 5) is 15.4. The molecule has 18 heavy (non-hydrogen) atoms. The first-order valence-corrected chi connectivity index (χ1v) is 7.95. The van der Waals surface area contributed by atoms with E-state index < -0.39 is 11.5 Å². The minimum Gasteiger partial charge on any atom is -0.480 e. The van der Waals surface area contributed by atoms with Crippen LogP contribution >= 0.6 is 23.1 Å². The fourth-order valence-electron chi connectivity index (χ4n) is 1.68. The summed E-state index contributed by atoms with van der Waals surface area (Å²) in [5.74, 6) is 0.229. The Kier molecular flexibility index (Phi) is 6.67. The van der Waals surface area contributed by atoms with Crippen molar-refractivity contribution < 1.29 is 9.90 Å². The van der Waals surface area contributed by atoms with Crippen LogP contribution < -0.4 is 5.32 Å². The van der Waals surface area contributed by atoms with Crippen LogP contribution in [0.5, 0.6) is 0 Å². The van der Waals surface area contributed by atoms with Crippen molar-refractivity contribution >= 4 is 29.1 Å². The Balaban J connectivity index is 2.21. The fraction of sp³-hybridized carbons (Fsp3) is 0.667. The maximum atomic E-state index is 11.2. The van der Waals surface area contributed by atoms with E-state index >= 15 is 0 Å². The molecule has 0 aliphatic rings. The van der Waals surface area contributed by atoms with Gasteiger partial charge in [-0.2, -0.15) is 0 Å². The van der Waals surface area contributed by atoms with E-state index in [2.05, 4.69) is 10.3 Å². The Bertz CT molecular complexity index is 357. The van der Waals surface area contributed by atoms with Gasteiger partial charge in [0.15, 0.2) is 0 Å². The molecule has 0 spiro atoms. The number of carboxylic acids is 1. The molecule has 1 atom stereocenters. The summed E-state index contributed by atoms with van der Waals surface area (Å²) < 4.78 is 1.09. The second-order valence-electron chi connectivity index (χ2n) is 4.27. The van der Waals surface area contributed by atoms with Gasteiger partial charge in [-0.15, -0.1) is 11.3 Å². The highest BCUT2D eigenvalue weighted by molar-refractivity contribution is 8.00. The third kappa shape index (κ3) is 4.96. The highest BCUT2D eigenvalue weighted by Gasteiger charge is 2.30. The van der Waals surface area contributed by atoms with E-state index in [0.717, 1.165) is 22.9 Å². The van der Waals surface area contributed by atoms with Crippen LogP contribution in [0.15, 0.2) is 15.9 Å². The largest absolute Gasteiger partial charge is 0.480 e. The summed E-state index contributed by atoms with van der Waals surface area (Å²) in [6.45, 7) is 4.36. The number of carboxylic acid groups (broad SMARTS) is 1. The zero-order valence-corrected chi connectivity index (χ0v) is 12.4. The smallest absolute Gasteiger partial charge is 0.323 e. The lowest BCUT2D eigenvalue weighted by molar-refractivity contribution is -0.144. The average Bonchev–Trinajstić information content (AvgIpc) is 2.81. The Morgan fingerprint density at radius 3 is 2.94 bits per heavy atom. The molecule has 1 rings (SSSR count). The summed E-state index contributed by atoms with van der Waals surface area (Å²) in [5.41, 5.74) is -0.791. The molecule has 0 amide bonds. The minimum atomic E-state index is -0.791. The number of thioether (sulfide) groups is 1. The molecule has 0 aliphatic carbocycles. The molecular formula is C12H20N2O2S2. The molecule has 0 saturated heterocycles. The molecule has 0 aromatic carbocycles. The maximum absolute atomic E-state index is 11.2. The first kappa shape index (κ1) is 15.5. The van der Waals surface area contributed by atoms with Crippen LogP contribution in [0.4, 0.5) is 0 Å². The number of likely N-dealkylation sites (N-methyl/N-ethyl adjacent to an activating group) is 1. The Morgan fingerprint density at radius 1 is 1.61 bits per heavy atom. The van der Waals surface area contributed by atoms with Crippen molar-refractivity contribution in [3.63, 3.8) is 0 Å². The van der Waals surface area contributed by atoms with Crippen molar-refractivity contribution in [2.45, 2.75) is 43.0 Å². The van der Waals surface area contributed by atoms with Gasteiger partial charge < -0.3 is 10.4 Å². The van der Waals surface area contributed by atoms with Crippen molar-refractivity contribution in [3.8, 4) is 0 Å². The van der Waals surface area contributed by atoms with E-state index in [0.29, 0.717) is 13.0 Å². The van der Waals surface area contributed by atoms with E-state index in [4.69, 9.17) is 0 Å². The summed E-state index contributed by atoms with van der Waals surface area (Å²) in [6, 6.07) is 0. The quantitative estimate of drug-likeness (QED) is 0.540. The molecule has 0 saturated carbocycles. The van der Waals surface area contributed by atoms with Crippen molar-refractivity contribution in [2.75, 3.05) is 12.3 Å². The van der Waals surface area contributed by atoms with E-state index in [1.165, 1.54) is 0 Å². The standard InChI is InChI=1S/C12H20N2O2S2/c1-3-14-12(2,10(15)16)6-4-5-8-17-11-13-7-9-18-11/h7,9,14H,3-6,8H2,1-2H3,(H,15,16). The molecule has 1 aromatic heterocycles. The summed E-state index contributed by atoms with van der Waals surface area (Å²) >= 11 is 3.38. The number of aromatic nitrogens is 1. The first-order valence-electron chi connectivity index (χ1n) is 6.09. The lowest BCUT2D eigenvalue weighted by atomic mass is 9.95. The average molecular weight is 288 g/mol. The molecular weight excluding hydrogens is 268 g/mol. The van der Waals surface area contributed by atoms with Gasteiger partial charge in [0.2, 0.25) is 0 Å². The summed E-state index contributed by atoms with van der Waals surface area (Å²) in [7, 11) is 0. The lowest BCUT2D eigenvalue weighted by Crippen LogP contribution is -2.49. The number of hydrogen-bond acceptors (Lipinski definition) is 5. The number of rotatable bonds is 9. The van der Waals surface area contributed by atoms with Crippen molar-refractivity contribution in [1.29, 1.82) is 0 Å². The molecule has 1 unspecified atom stereocenters. The molecule has 0 fully saturated rings. The highest BCUT2D eigenvalue weighted by atomic mass is 32.2. The number of thiazole rings is 1. The molecule has 0 bridgehead atoms. The van der Waals surface area contributed by atoms with E-state index in [1.807, 2.05) is 12.3 Å². The first-order chi connectivity index (χ1) is 8.58. The zero-order valence-electron chi connectivity index (χ0n) is 10.8. The van der Waals surface area contributed by atoms with Gasteiger partial charge in [0.25, 0.3) is 0 Å². The van der Waals surface area contributed by atoms with Crippen LogP contribution in [0, 0.1) is 0 Å². The van der Waals surface area contributed by atoms with Crippen molar-refractivity contribution in [3.05, 3.63) is 11.6 Å². The third-order valence-corrected chi connectivity index (χ3v) is 4.80. The molecule has 1 heterocycles. The van der Waals surface area contributed by atoms with Gasteiger partial charge >= 0.3 is 5.97 Å².